The Balaban J connectivity index is 2.42. The summed E-state index contributed by atoms with van der Waals surface area (Å²) < 4.78 is 5.20. The van der Waals surface area contributed by atoms with Gasteiger partial charge < -0.3 is 10.1 Å². The van der Waals surface area contributed by atoms with Gasteiger partial charge >= 0.3 is 0 Å². The van der Waals surface area contributed by atoms with E-state index in [4.69, 9.17) is 4.74 Å². The minimum absolute atomic E-state index is 0.137. The van der Waals surface area contributed by atoms with Crippen LogP contribution in [0.3, 0.4) is 0 Å². The maximum absolute atomic E-state index is 11.3. The molecule has 3 nitrogen and oxygen atoms in total. The molecule has 0 saturated carbocycles. The molecule has 94 valence electrons. The summed E-state index contributed by atoms with van der Waals surface area (Å²) in [7, 11) is 1.67. The number of carbonyl (C=O) groups excluding carboxylic acids is 1. The first-order valence-electron chi connectivity index (χ1n) is 6.07. The molecule has 1 aromatic rings. The summed E-state index contributed by atoms with van der Waals surface area (Å²) in [5.74, 6) is 1.04. The molecule has 1 aromatic carbocycles. The normalized spacial score (nSPS) is 10.1. The van der Waals surface area contributed by atoms with Crippen molar-refractivity contribution in [1.82, 2.24) is 5.32 Å². The van der Waals surface area contributed by atoms with Gasteiger partial charge in [-0.05, 0) is 37.0 Å². The van der Waals surface area contributed by atoms with Crippen LogP contribution in [0.25, 0.3) is 0 Å². The Morgan fingerprint density at radius 1 is 1.41 bits per heavy atom. The molecule has 1 rings (SSSR count). The van der Waals surface area contributed by atoms with Crippen LogP contribution in [0, 0.1) is 6.92 Å². The molecule has 3 heteroatoms. The van der Waals surface area contributed by atoms with Crippen LogP contribution in [-0.4, -0.2) is 19.6 Å². The van der Waals surface area contributed by atoms with Crippen molar-refractivity contribution in [3.63, 3.8) is 0 Å². The third-order valence-electron chi connectivity index (χ3n) is 2.67. The van der Waals surface area contributed by atoms with Crippen molar-refractivity contribution in [1.29, 1.82) is 0 Å². The molecule has 0 unspecified atom stereocenters. The molecular weight excluding hydrogens is 214 g/mol. The van der Waals surface area contributed by atoms with Crippen molar-refractivity contribution in [3.8, 4) is 5.75 Å². The molecule has 0 heterocycles. The predicted octanol–water partition coefficient (Wildman–Crippen LogP) is 2.46. The zero-order chi connectivity index (χ0) is 12.7. The molecule has 0 atom stereocenters. The van der Waals surface area contributed by atoms with E-state index in [1.807, 2.05) is 26.0 Å². The van der Waals surface area contributed by atoms with E-state index in [0.717, 1.165) is 24.2 Å². The summed E-state index contributed by atoms with van der Waals surface area (Å²) in [4.78, 5) is 11.3. The Labute approximate surface area is 103 Å². The van der Waals surface area contributed by atoms with E-state index in [1.165, 1.54) is 5.56 Å². The highest BCUT2D eigenvalue weighted by Crippen LogP contribution is 2.18. The highest BCUT2D eigenvalue weighted by atomic mass is 16.5. The van der Waals surface area contributed by atoms with Gasteiger partial charge in [0.15, 0.2) is 0 Å². The lowest BCUT2D eigenvalue weighted by Crippen LogP contribution is -2.25. The van der Waals surface area contributed by atoms with E-state index in [1.54, 1.807) is 7.11 Å². The smallest absolute Gasteiger partial charge is 0.219 e. The Morgan fingerprint density at radius 3 is 2.76 bits per heavy atom. The van der Waals surface area contributed by atoms with E-state index in [-0.39, 0.29) is 5.91 Å². The number of hydrogen-bond donors (Lipinski definition) is 1. The first-order valence-corrected chi connectivity index (χ1v) is 6.07. The van der Waals surface area contributed by atoms with Gasteiger partial charge in [0.05, 0.1) is 7.11 Å². The minimum atomic E-state index is 0.137. The van der Waals surface area contributed by atoms with Crippen LogP contribution in [0.1, 0.15) is 30.9 Å². The van der Waals surface area contributed by atoms with Gasteiger partial charge in [-0.3, -0.25) is 4.79 Å². The number of carbonyl (C=O) groups is 1. The quantitative estimate of drug-likeness (QED) is 0.822. The third-order valence-corrected chi connectivity index (χ3v) is 2.67. The summed E-state index contributed by atoms with van der Waals surface area (Å²) in [6.07, 6.45) is 2.37. The SMILES string of the molecule is CCCC(=O)NCCc1ccc(OC)c(C)c1. The fraction of sp³-hybridized carbons (Fsp3) is 0.500. The second kappa shape index (κ2) is 6.94. The highest BCUT2D eigenvalue weighted by Gasteiger charge is 2.01. The molecule has 0 aliphatic rings. The number of aryl methyl sites for hydroxylation is 1. The van der Waals surface area contributed by atoms with Gasteiger partial charge in [-0.1, -0.05) is 19.1 Å². The molecule has 1 N–H and O–H groups in total. The first kappa shape index (κ1) is 13.6. The van der Waals surface area contributed by atoms with E-state index >= 15 is 0 Å². The van der Waals surface area contributed by atoms with Gasteiger partial charge in [-0.25, -0.2) is 0 Å². The van der Waals surface area contributed by atoms with E-state index in [9.17, 15) is 4.79 Å². The van der Waals surface area contributed by atoms with Crippen molar-refractivity contribution in [2.75, 3.05) is 13.7 Å². The maximum Gasteiger partial charge on any atom is 0.219 e. The number of amides is 1. The molecular formula is C14H21NO2. The number of rotatable bonds is 6. The monoisotopic (exact) mass is 235 g/mol. The van der Waals surface area contributed by atoms with Crippen LogP contribution in [0.4, 0.5) is 0 Å². The Bertz CT molecular complexity index is 374. The topological polar surface area (TPSA) is 38.3 Å². The van der Waals surface area contributed by atoms with Gasteiger partial charge in [-0.2, -0.15) is 0 Å². The van der Waals surface area contributed by atoms with E-state index in [2.05, 4.69) is 11.4 Å². The summed E-state index contributed by atoms with van der Waals surface area (Å²) in [5.41, 5.74) is 2.35. The Kier molecular flexibility index (Phi) is 5.53. The van der Waals surface area contributed by atoms with Crippen LogP contribution in [0.15, 0.2) is 18.2 Å². The van der Waals surface area contributed by atoms with Crippen LogP contribution in [-0.2, 0) is 11.2 Å². The second-order valence-corrected chi connectivity index (χ2v) is 4.15. The zero-order valence-electron chi connectivity index (χ0n) is 10.9. The molecule has 0 bridgehead atoms. The van der Waals surface area contributed by atoms with Crippen molar-refractivity contribution in [2.45, 2.75) is 33.1 Å². The number of hydrogen-bond acceptors (Lipinski definition) is 2. The largest absolute Gasteiger partial charge is 0.496 e. The number of nitrogens with one attached hydrogen (secondary N) is 1. The van der Waals surface area contributed by atoms with Crippen molar-refractivity contribution in [2.24, 2.45) is 0 Å². The Morgan fingerprint density at radius 2 is 2.18 bits per heavy atom. The molecule has 0 aromatic heterocycles. The fourth-order valence-corrected chi connectivity index (χ4v) is 1.76. The highest BCUT2D eigenvalue weighted by molar-refractivity contribution is 5.75. The minimum Gasteiger partial charge on any atom is -0.496 e. The van der Waals surface area contributed by atoms with Crippen molar-refractivity contribution >= 4 is 5.91 Å². The van der Waals surface area contributed by atoms with Gasteiger partial charge in [0.1, 0.15) is 5.75 Å². The average Bonchev–Trinajstić information content (AvgIpc) is 2.29. The molecule has 0 saturated heterocycles. The van der Waals surface area contributed by atoms with Crippen molar-refractivity contribution < 1.29 is 9.53 Å². The zero-order valence-corrected chi connectivity index (χ0v) is 10.9. The lowest BCUT2D eigenvalue weighted by Gasteiger charge is -2.08. The van der Waals surface area contributed by atoms with Gasteiger partial charge in [0.25, 0.3) is 0 Å². The molecule has 0 aliphatic heterocycles. The van der Waals surface area contributed by atoms with Gasteiger partial charge in [0, 0.05) is 13.0 Å². The molecule has 0 spiro atoms. The third kappa shape index (κ3) is 4.47. The average molecular weight is 235 g/mol. The summed E-state index contributed by atoms with van der Waals surface area (Å²) in [6, 6.07) is 6.11. The van der Waals surface area contributed by atoms with E-state index < -0.39 is 0 Å². The number of benzene rings is 1. The lowest BCUT2D eigenvalue weighted by molar-refractivity contribution is -0.121. The number of ether oxygens (including phenoxy) is 1. The molecule has 0 radical (unpaired) electrons. The lowest BCUT2D eigenvalue weighted by atomic mass is 10.1. The maximum atomic E-state index is 11.3. The molecule has 0 fully saturated rings. The first-order chi connectivity index (χ1) is 8.17. The summed E-state index contributed by atoms with van der Waals surface area (Å²) in [5, 5.41) is 2.91. The van der Waals surface area contributed by atoms with Crippen LogP contribution >= 0.6 is 0 Å². The molecule has 0 aliphatic carbocycles. The van der Waals surface area contributed by atoms with Crippen LogP contribution in [0.5, 0.6) is 5.75 Å². The molecule has 1 amide bonds. The van der Waals surface area contributed by atoms with Crippen LogP contribution in [0.2, 0.25) is 0 Å². The van der Waals surface area contributed by atoms with Gasteiger partial charge in [0.2, 0.25) is 5.91 Å². The van der Waals surface area contributed by atoms with E-state index in [0.29, 0.717) is 13.0 Å². The van der Waals surface area contributed by atoms with Crippen molar-refractivity contribution in [3.05, 3.63) is 29.3 Å². The summed E-state index contributed by atoms with van der Waals surface area (Å²) in [6.45, 7) is 4.73. The predicted molar refractivity (Wildman–Crippen MR) is 69.4 cm³/mol. The molecule has 17 heavy (non-hydrogen) atoms. The fourth-order valence-electron chi connectivity index (χ4n) is 1.76. The van der Waals surface area contributed by atoms with Crippen LogP contribution < -0.4 is 10.1 Å². The number of methoxy groups -OCH3 is 1. The summed E-state index contributed by atoms with van der Waals surface area (Å²) >= 11 is 0. The Hall–Kier alpha value is -1.51. The second-order valence-electron chi connectivity index (χ2n) is 4.15. The van der Waals surface area contributed by atoms with Gasteiger partial charge in [-0.15, -0.1) is 0 Å². The standard InChI is InChI=1S/C14H21NO2/c1-4-5-14(16)15-9-8-12-6-7-13(17-3)11(2)10-12/h6-7,10H,4-5,8-9H2,1-3H3,(H,15,16).